The quantitative estimate of drug-likeness (QED) is 0.743. The molecule has 6 heteroatoms. The lowest BCUT2D eigenvalue weighted by Crippen LogP contribution is -2.28. The van der Waals surface area contributed by atoms with Gasteiger partial charge < -0.3 is 10.3 Å². The minimum absolute atomic E-state index is 0.0515. The molecule has 1 atom stereocenters. The first kappa shape index (κ1) is 16.7. The van der Waals surface area contributed by atoms with Gasteiger partial charge in [0.2, 0.25) is 5.91 Å². The monoisotopic (exact) mass is 339 g/mol. The molecular weight excluding hydrogens is 324 g/mol. The maximum Gasteiger partial charge on any atom is 0.221 e. The maximum atomic E-state index is 13.8. The number of fused-ring (bicyclic) bond motifs is 1. The topological polar surface area (TPSA) is 68.7 Å². The summed E-state index contributed by atoms with van der Waals surface area (Å²) in [6.07, 6.45) is 2.49. The molecule has 0 spiro atoms. The number of amides is 1. The van der Waals surface area contributed by atoms with E-state index in [0.717, 1.165) is 22.5 Å². The Labute approximate surface area is 143 Å². The number of H-pyrrole nitrogens is 1. The average Bonchev–Trinajstić information content (AvgIpc) is 3.01. The number of aryl methyl sites for hydroxylation is 1. The Morgan fingerprint density at radius 2 is 2.04 bits per heavy atom. The van der Waals surface area contributed by atoms with E-state index < -0.39 is 17.7 Å². The SMILES string of the molecule is N#C[C@H](NC(=O)CCc1c[nH]c2ccccc12)c1ccc(F)cc1F. The third kappa shape index (κ3) is 3.66. The van der Waals surface area contributed by atoms with Gasteiger partial charge in [-0.2, -0.15) is 5.26 Å². The van der Waals surface area contributed by atoms with Crippen molar-refractivity contribution in [3.8, 4) is 6.07 Å². The molecule has 0 saturated carbocycles. The van der Waals surface area contributed by atoms with Crippen LogP contribution in [0.15, 0.2) is 48.7 Å². The Bertz CT molecular complexity index is 959. The van der Waals surface area contributed by atoms with E-state index in [4.69, 9.17) is 0 Å². The van der Waals surface area contributed by atoms with Crippen molar-refractivity contribution in [1.29, 1.82) is 5.26 Å². The van der Waals surface area contributed by atoms with E-state index in [0.29, 0.717) is 12.5 Å². The van der Waals surface area contributed by atoms with Gasteiger partial charge in [-0.1, -0.05) is 24.3 Å². The van der Waals surface area contributed by atoms with Crippen LogP contribution in [0.5, 0.6) is 0 Å². The second kappa shape index (κ2) is 7.14. The molecule has 3 rings (SSSR count). The normalized spacial score (nSPS) is 11.9. The zero-order valence-corrected chi connectivity index (χ0v) is 13.2. The molecule has 126 valence electrons. The minimum Gasteiger partial charge on any atom is -0.361 e. The average molecular weight is 339 g/mol. The van der Waals surface area contributed by atoms with Crippen LogP contribution in [0.3, 0.4) is 0 Å². The van der Waals surface area contributed by atoms with Crippen LogP contribution in [0, 0.1) is 23.0 Å². The van der Waals surface area contributed by atoms with Gasteiger partial charge in [-0.05, 0) is 24.1 Å². The van der Waals surface area contributed by atoms with Crippen molar-refractivity contribution in [3.05, 3.63) is 71.4 Å². The fraction of sp³-hybridized carbons (Fsp3) is 0.158. The molecular formula is C19H15F2N3O. The van der Waals surface area contributed by atoms with Crippen LogP contribution in [0.25, 0.3) is 10.9 Å². The van der Waals surface area contributed by atoms with Crippen molar-refractivity contribution in [1.82, 2.24) is 10.3 Å². The summed E-state index contributed by atoms with van der Waals surface area (Å²) in [4.78, 5) is 15.3. The number of aromatic nitrogens is 1. The number of para-hydroxylation sites is 1. The van der Waals surface area contributed by atoms with Gasteiger partial charge in [-0.15, -0.1) is 0 Å². The van der Waals surface area contributed by atoms with E-state index in [9.17, 15) is 18.8 Å². The van der Waals surface area contributed by atoms with Crippen LogP contribution >= 0.6 is 0 Å². The summed E-state index contributed by atoms with van der Waals surface area (Å²) in [7, 11) is 0. The Morgan fingerprint density at radius 1 is 1.24 bits per heavy atom. The van der Waals surface area contributed by atoms with E-state index in [-0.39, 0.29) is 17.9 Å². The molecule has 1 heterocycles. The van der Waals surface area contributed by atoms with Crippen LogP contribution in [-0.4, -0.2) is 10.9 Å². The van der Waals surface area contributed by atoms with Gasteiger partial charge >= 0.3 is 0 Å². The fourth-order valence-corrected chi connectivity index (χ4v) is 2.73. The first-order valence-corrected chi connectivity index (χ1v) is 7.77. The molecule has 0 aliphatic heterocycles. The number of rotatable bonds is 5. The molecule has 0 bridgehead atoms. The van der Waals surface area contributed by atoms with Crippen LogP contribution in [-0.2, 0) is 11.2 Å². The Balaban J connectivity index is 1.66. The first-order valence-electron chi connectivity index (χ1n) is 7.77. The number of nitrogens with zero attached hydrogens (tertiary/aromatic N) is 1. The highest BCUT2D eigenvalue weighted by atomic mass is 19.1. The lowest BCUT2D eigenvalue weighted by Gasteiger charge is -2.12. The van der Waals surface area contributed by atoms with E-state index in [1.54, 1.807) is 0 Å². The summed E-state index contributed by atoms with van der Waals surface area (Å²) in [5.41, 5.74) is 1.93. The lowest BCUT2D eigenvalue weighted by atomic mass is 10.1. The fourth-order valence-electron chi connectivity index (χ4n) is 2.73. The number of nitrogens with one attached hydrogen (secondary N) is 2. The lowest BCUT2D eigenvalue weighted by molar-refractivity contribution is -0.121. The van der Waals surface area contributed by atoms with Gasteiger partial charge in [0.1, 0.15) is 17.7 Å². The standard InChI is InChI=1S/C19H15F2N3O/c20-13-6-7-15(16(21)9-13)18(10-22)24-19(25)8-5-12-11-23-17-4-2-1-3-14(12)17/h1-4,6-7,9,11,18,23H,5,8H2,(H,24,25)/t18-/m0/s1. The molecule has 25 heavy (non-hydrogen) atoms. The molecule has 4 nitrogen and oxygen atoms in total. The molecule has 2 aromatic carbocycles. The van der Waals surface area contributed by atoms with Gasteiger partial charge in [0.15, 0.2) is 0 Å². The minimum atomic E-state index is -1.16. The Hall–Kier alpha value is -3.20. The zero-order valence-electron chi connectivity index (χ0n) is 13.2. The third-order valence-electron chi connectivity index (χ3n) is 4.00. The molecule has 0 saturated heterocycles. The number of carbonyl (C=O) groups is 1. The molecule has 1 aromatic heterocycles. The molecule has 0 fully saturated rings. The molecule has 0 aliphatic rings. The van der Waals surface area contributed by atoms with Crippen LogP contribution in [0.1, 0.15) is 23.6 Å². The second-order valence-corrected chi connectivity index (χ2v) is 5.65. The maximum absolute atomic E-state index is 13.8. The number of benzene rings is 2. The second-order valence-electron chi connectivity index (χ2n) is 5.65. The van der Waals surface area contributed by atoms with Crippen molar-refractivity contribution in [3.63, 3.8) is 0 Å². The number of aromatic amines is 1. The van der Waals surface area contributed by atoms with Gasteiger partial charge in [0.05, 0.1) is 6.07 Å². The Kier molecular flexibility index (Phi) is 4.75. The number of halogens is 2. The highest BCUT2D eigenvalue weighted by molar-refractivity contribution is 5.84. The van der Waals surface area contributed by atoms with Crippen LogP contribution in [0.4, 0.5) is 8.78 Å². The summed E-state index contributed by atoms with van der Waals surface area (Å²) in [6, 6.07) is 11.3. The predicted octanol–water partition coefficient (Wildman–Crippen LogP) is 3.76. The van der Waals surface area contributed by atoms with Crippen molar-refractivity contribution in [2.45, 2.75) is 18.9 Å². The van der Waals surface area contributed by atoms with Crippen molar-refractivity contribution in [2.75, 3.05) is 0 Å². The third-order valence-corrected chi connectivity index (χ3v) is 4.00. The molecule has 0 unspecified atom stereocenters. The number of nitriles is 1. The van der Waals surface area contributed by atoms with E-state index in [1.165, 1.54) is 6.07 Å². The van der Waals surface area contributed by atoms with Gasteiger partial charge in [-0.3, -0.25) is 4.79 Å². The molecule has 2 N–H and O–H groups in total. The van der Waals surface area contributed by atoms with E-state index in [2.05, 4.69) is 10.3 Å². The van der Waals surface area contributed by atoms with Crippen LogP contribution < -0.4 is 5.32 Å². The van der Waals surface area contributed by atoms with Crippen molar-refractivity contribution in [2.24, 2.45) is 0 Å². The predicted molar refractivity (Wildman–Crippen MR) is 89.5 cm³/mol. The van der Waals surface area contributed by atoms with Gasteiger partial charge in [0, 0.05) is 35.2 Å². The van der Waals surface area contributed by atoms with Crippen molar-refractivity contribution >= 4 is 16.8 Å². The largest absolute Gasteiger partial charge is 0.361 e. The Morgan fingerprint density at radius 3 is 2.80 bits per heavy atom. The molecule has 3 aromatic rings. The number of hydrogen-bond donors (Lipinski definition) is 2. The van der Waals surface area contributed by atoms with E-state index in [1.807, 2.05) is 36.5 Å². The smallest absolute Gasteiger partial charge is 0.221 e. The van der Waals surface area contributed by atoms with Crippen LogP contribution in [0.2, 0.25) is 0 Å². The summed E-state index contributed by atoms with van der Waals surface area (Å²) in [5.74, 6) is -1.97. The number of hydrogen-bond acceptors (Lipinski definition) is 2. The summed E-state index contributed by atoms with van der Waals surface area (Å²) < 4.78 is 26.7. The van der Waals surface area contributed by atoms with Gasteiger partial charge in [-0.25, -0.2) is 8.78 Å². The number of carbonyl (C=O) groups excluding carboxylic acids is 1. The highest BCUT2D eigenvalue weighted by Crippen LogP contribution is 2.20. The summed E-state index contributed by atoms with van der Waals surface area (Å²) >= 11 is 0. The first-order chi connectivity index (χ1) is 12.1. The van der Waals surface area contributed by atoms with Crippen molar-refractivity contribution < 1.29 is 13.6 Å². The van der Waals surface area contributed by atoms with Gasteiger partial charge in [0.25, 0.3) is 0 Å². The summed E-state index contributed by atoms with van der Waals surface area (Å²) in [6.45, 7) is 0. The zero-order chi connectivity index (χ0) is 17.8. The summed E-state index contributed by atoms with van der Waals surface area (Å²) in [5, 5.41) is 12.7. The van der Waals surface area contributed by atoms with E-state index >= 15 is 0 Å². The molecule has 0 radical (unpaired) electrons. The molecule has 0 aliphatic carbocycles. The molecule has 1 amide bonds. The highest BCUT2D eigenvalue weighted by Gasteiger charge is 2.18.